The van der Waals surface area contributed by atoms with E-state index >= 15 is 0 Å². The van der Waals surface area contributed by atoms with Gasteiger partial charge in [0.1, 0.15) is 171 Å². The van der Waals surface area contributed by atoms with E-state index in [1.165, 1.54) is 165 Å². The maximum Gasteiger partial charge on any atom is 0.187 e. The largest absolute Gasteiger partial charge is 0.387 e. The van der Waals surface area contributed by atoms with Gasteiger partial charge in [0.15, 0.2) is 44.0 Å². The Morgan fingerprint density at radius 2 is 0.224 bits per heavy atom. The molecule has 0 aromatic heterocycles. The molecule has 28 rings (SSSR count). The van der Waals surface area contributed by atoms with E-state index < -0.39 is 247 Å². The molecular formula is C56H84O28S14. The molecule has 28 heterocycles. The molecule has 0 saturated carbocycles. The molecule has 0 unspecified atom stereocenters. The summed E-state index contributed by atoms with van der Waals surface area (Å²) in [6, 6.07) is 0. The van der Waals surface area contributed by atoms with Gasteiger partial charge < -0.3 is 138 Å². The number of ether oxygens (including phenoxy) is 14. The first kappa shape index (κ1) is 77.1. The van der Waals surface area contributed by atoms with Gasteiger partial charge in [0.2, 0.25) is 0 Å². The van der Waals surface area contributed by atoms with Crippen LogP contribution in [0, 0.1) is 0 Å². The molecule has 560 valence electrons. The standard InChI is InChI=1S/C56H84O28S14/c57-15-22(64)43-72-30-17(59)24(66)45(80-37(30)51-87-3-4-88-51)74-32-19(61)26(68)47(82-39(32)53-91-7-8-92-53)76-34-21(63)28(70)49(84-41(34)55-95-11-12-96-55)77-35-20(62)27(69)48(83-42(35)56-97-13-14-98-56)75-33-18(60)25(67)46(81-40(33)54-93-9-10-94-54)73-31-16(58)23(65)44(79-38(31)52-89-5-6-90-52)71-29(15)36(78-43)50-85-1-2-86-50/h15-70H,1-14H2/t15-,16-,17-,18-,19-,20-,21-,22-,23-,24-,25-,26-,27-,28-,29+,30+,31+,32+,33+,34+,35+,36+,37+,38+,39+,40+,41+,42+,43+,44+,45+,46+,47+,48+,49+/m1/s1. The molecule has 35 atom stereocenters. The number of hydrogen-bond acceptors (Lipinski definition) is 42. The third kappa shape index (κ3) is 15.7. The molecule has 42 heteroatoms. The van der Waals surface area contributed by atoms with Crippen molar-refractivity contribution in [3.8, 4) is 0 Å². The lowest BCUT2D eigenvalue weighted by molar-refractivity contribution is -0.390. The van der Waals surface area contributed by atoms with Gasteiger partial charge in [-0.05, 0) is 0 Å². The van der Waals surface area contributed by atoms with Gasteiger partial charge in [-0.15, -0.1) is 165 Å². The molecular weight excluding hydrogens is 1570 g/mol. The predicted octanol–water partition coefficient (Wildman–Crippen LogP) is -2.53. The molecule has 0 aromatic carbocycles. The summed E-state index contributed by atoms with van der Waals surface area (Å²) in [6.07, 6.45) is -56.3. The van der Waals surface area contributed by atoms with Gasteiger partial charge in [-0.1, -0.05) is 0 Å². The SMILES string of the molecule is O[C@@H]1[C@@H](O)[C@H]2O[C@H]3[C@H](O)[C@@H](O)[C@@H](O[C@H]4[C@H](O)[C@@H](O)[C@@H](O[C@H]5[C@H](O)[C@@H](O)[C@@H](O[C@H]6[C@H](O)[C@@H](O)[C@@H](O[C@H]7[C@H](O)[C@@H](O)[C@@H](O[C@H]8[C@H](O)[C@@H](O)[C@@H](O[C@@H]1[C@@H](C1SCCS1)O2)O[C@@H]8C1SCCS1)O[C@@H]7C1SCCS1)O[C@@H]6C1SCCS1)O[C@@H]5C1SCCS1)O[C@@H]4C1SCCS1)O[C@@H]3C1SCCS1. The second-order valence-corrected chi connectivity index (χ2v) is 45.2. The van der Waals surface area contributed by atoms with Crippen LogP contribution in [0.1, 0.15) is 0 Å². The fourth-order valence-corrected chi connectivity index (χ4v) is 35.6. The normalized spacial score (nSPS) is 53.1. The fourth-order valence-electron chi connectivity index (χ4n) is 14.5. The molecule has 14 bridgehead atoms. The van der Waals surface area contributed by atoms with Crippen LogP contribution in [0.5, 0.6) is 0 Å². The molecule has 28 aliphatic heterocycles. The van der Waals surface area contributed by atoms with Crippen molar-refractivity contribution < 1.29 is 138 Å². The van der Waals surface area contributed by atoms with E-state index in [-0.39, 0.29) is 0 Å². The first-order chi connectivity index (χ1) is 47.4. The van der Waals surface area contributed by atoms with Gasteiger partial charge in [0.25, 0.3) is 0 Å². The van der Waals surface area contributed by atoms with Crippen LogP contribution in [0.15, 0.2) is 0 Å². The van der Waals surface area contributed by atoms with Gasteiger partial charge in [0.05, 0.1) is 32.1 Å². The van der Waals surface area contributed by atoms with Crippen LogP contribution in [0.2, 0.25) is 0 Å². The lowest BCUT2D eigenvalue weighted by Crippen LogP contribution is -2.69. The smallest absolute Gasteiger partial charge is 0.187 e. The Morgan fingerprint density at radius 3 is 0.327 bits per heavy atom. The molecule has 98 heavy (non-hydrogen) atoms. The van der Waals surface area contributed by atoms with Crippen LogP contribution in [0.3, 0.4) is 0 Å². The van der Waals surface area contributed by atoms with Crippen molar-refractivity contribution in [2.75, 3.05) is 80.5 Å². The third-order valence-electron chi connectivity index (χ3n) is 19.5. The van der Waals surface area contributed by atoms with Crippen LogP contribution in [-0.2, 0) is 66.3 Å². The average molecular weight is 1650 g/mol. The van der Waals surface area contributed by atoms with E-state index in [1.54, 1.807) is 0 Å². The first-order valence-corrected chi connectivity index (χ1v) is 47.4. The van der Waals surface area contributed by atoms with Crippen molar-refractivity contribution >= 4 is 165 Å². The van der Waals surface area contributed by atoms with Gasteiger partial charge in [-0.25, -0.2) is 0 Å². The molecule has 28 saturated heterocycles. The van der Waals surface area contributed by atoms with E-state index in [0.717, 1.165) is 0 Å². The van der Waals surface area contributed by atoms with Crippen molar-refractivity contribution in [3.05, 3.63) is 0 Å². The lowest BCUT2D eigenvalue weighted by atomic mass is 9.95. The Kier molecular flexibility index (Phi) is 26.8. The molecule has 0 aliphatic carbocycles. The van der Waals surface area contributed by atoms with Crippen LogP contribution < -0.4 is 0 Å². The first-order valence-electron chi connectivity index (χ1n) is 32.7. The Hall–Kier alpha value is 3.78. The van der Waals surface area contributed by atoms with E-state index in [0.29, 0.717) is 80.5 Å². The predicted molar refractivity (Wildman–Crippen MR) is 380 cm³/mol. The molecule has 0 spiro atoms. The summed E-state index contributed by atoms with van der Waals surface area (Å²) in [5, 5.41) is 172. The highest BCUT2D eigenvalue weighted by molar-refractivity contribution is 8.22. The average Bonchev–Trinajstić information content (AvgIpc) is 1.01. The topological polar surface area (TPSA) is 412 Å². The molecule has 0 amide bonds. The summed E-state index contributed by atoms with van der Waals surface area (Å²) in [7, 11) is 0. The number of rotatable bonds is 7. The zero-order valence-corrected chi connectivity index (χ0v) is 63.3. The monoisotopic (exact) mass is 1650 g/mol. The molecule has 28 fully saturated rings. The number of aliphatic hydroxyl groups is 14. The molecule has 14 N–H and O–H groups in total. The van der Waals surface area contributed by atoms with E-state index in [9.17, 15) is 71.5 Å². The van der Waals surface area contributed by atoms with Gasteiger partial charge in [0, 0.05) is 80.5 Å². The van der Waals surface area contributed by atoms with Crippen molar-refractivity contribution in [2.45, 2.75) is 247 Å². The zero-order valence-electron chi connectivity index (χ0n) is 51.8. The van der Waals surface area contributed by atoms with E-state index in [4.69, 9.17) is 66.3 Å². The Bertz CT molecular complexity index is 2110. The maximum absolute atomic E-state index is 12.4. The van der Waals surface area contributed by atoms with Crippen molar-refractivity contribution in [1.29, 1.82) is 0 Å². The summed E-state index contributed by atoms with van der Waals surface area (Å²) in [4.78, 5) is 0. The maximum atomic E-state index is 12.4. The van der Waals surface area contributed by atoms with E-state index in [1.807, 2.05) is 0 Å². The summed E-state index contributed by atoms with van der Waals surface area (Å²) < 4.78 is 89.5. The molecule has 28 nitrogen and oxygen atoms in total. The highest BCUT2D eigenvalue weighted by Gasteiger charge is 2.63. The van der Waals surface area contributed by atoms with Crippen LogP contribution in [-0.4, -0.2) is 399 Å². The van der Waals surface area contributed by atoms with Gasteiger partial charge >= 0.3 is 0 Å². The number of hydrogen-bond donors (Lipinski definition) is 14. The van der Waals surface area contributed by atoms with Crippen LogP contribution in [0.25, 0.3) is 0 Å². The van der Waals surface area contributed by atoms with Crippen LogP contribution >= 0.6 is 165 Å². The Morgan fingerprint density at radius 1 is 0.133 bits per heavy atom. The van der Waals surface area contributed by atoms with Gasteiger partial charge in [-0.2, -0.15) is 0 Å². The summed E-state index contributed by atoms with van der Waals surface area (Å²) >= 11 is 20.9. The molecule has 0 aromatic rings. The van der Waals surface area contributed by atoms with Crippen molar-refractivity contribution in [2.24, 2.45) is 0 Å². The zero-order chi connectivity index (χ0) is 67.9. The molecule has 0 radical (unpaired) electrons. The third-order valence-corrected chi connectivity index (χ3v) is 41.5. The summed E-state index contributed by atoms with van der Waals surface area (Å²) in [5.74, 6) is 9.37. The van der Waals surface area contributed by atoms with Crippen LogP contribution in [0.4, 0.5) is 0 Å². The minimum Gasteiger partial charge on any atom is -0.387 e. The quantitative estimate of drug-likeness (QED) is 0.125. The van der Waals surface area contributed by atoms with E-state index in [2.05, 4.69) is 0 Å². The minimum atomic E-state index is -1.92. The van der Waals surface area contributed by atoms with Crippen molar-refractivity contribution in [3.63, 3.8) is 0 Å². The number of thioether (sulfide) groups is 14. The molecule has 28 aliphatic rings. The summed E-state index contributed by atoms with van der Waals surface area (Å²) in [6.45, 7) is 0. The lowest BCUT2D eigenvalue weighted by Gasteiger charge is -2.51. The second-order valence-electron chi connectivity index (χ2n) is 25.6. The Labute approximate surface area is 624 Å². The second kappa shape index (κ2) is 34.0. The highest BCUT2D eigenvalue weighted by atomic mass is 32.2. The summed E-state index contributed by atoms with van der Waals surface area (Å²) in [5.41, 5.74) is 0. The minimum absolute atomic E-state index is 0.468. The van der Waals surface area contributed by atoms with Gasteiger partial charge in [-0.3, -0.25) is 0 Å². The number of aliphatic hydroxyl groups excluding tert-OH is 14. The highest BCUT2D eigenvalue weighted by Crippen LogP contribution is 2.52. The van der Waals surface area contributed by atoms with Crippen molar-refractivity contribution in [1.82, 2.24) is 0 Å². The Balaban J connectivity index is 0.773. The fraction of sp³-hybridized carbons (Fsp3) is 1.00.